The summed E-state index contributed by atoms with van der Waals surface area (Å²) in [4.78, 5) is 30.7. The fraction of sp³-hybridized carbons (Fsp3) is 0.500. The Balaban J connectivity index is 1.58. The van der Waals surface area contributed by atoms with Crippen LogP contribution in [0, 0.1) is 5.92 Å². The van der Waals surface area contributed by atoms with Crippen molar-refractivity contribution in [2.75, 3.05) is 25.1 Å². The van der Waals surface area contributed by atoms with Crippen molar-refractivity contribution in [3.8, 4) is 0 Å². The molecule has 2 amide bonds. The molecule has 3 N–H and O–H groups in total. The average molecular weight is 366 g/mol. The smallest absolute Gasteiger partial charge is 0.323 e. The van der Waals surface area contributed by atoms with Gasteiger partial charge in [0.25, 0.3) is 0 Å². The Kier molecular flexibility index (Phi) is 4.85. The fourth-order valence-electron chi connectivity index (χ4n) is 3.29. The molecule has 1 aromatic carbocycles. The van der Waals surface area contributed by atoms with Gasteiger partial charge in [-0.15, -0.1) is 0 Å². The standard InChI is InChI=1S/C16H22N4O4S/c1-25(23,24)10-12-3-2-6-20(9-12)16(22)17-8-11-4-5-13-14(7-11)19-15(21)18-13/h4-5,7,12H,2-3,6,8-10H2,1H3,(H,17,22)(H2,18,19,21)/t12-/m0/s1. The van der Waals surface area contributed by atoms with E-state index in [9.17, 15) is 18.0 Å². The van der Waals surface area contributed by atoms with Crippen LogP contribution in [0.2, 0.25) is 0 Å². The molecular weight excluding hydrogens is 344 g/mol. The summed E-state index contributed by atoms with van der Waals surface area (Å²) in [6.07, 6.45) is 2.87. The average Bonchev–Trinajstić information content (AvgIpc) is 2.90. The molecule has 9 heteroatoms. The van der Waals surface area contributed by atoms with Crippen molar-refractivity contribution in [1.82, 2.24) is 20.2 Å². The van der Waals surface area contributed by atoms with Gasteiger partial charge in [0.05, 0.1) is 16.8 Å². The zero-order valence-corrected chi connectivity index (χ0v) is 14.9. The number of benzene rings is 1. The van der Waals surface area contributed by atoms with Crippen LogP contribution in [0.1, 0.15) is 18.4 Å². The van der Waals surface area contributed by atoms with E-state index in [2.05, 4.69) is 15.3 Å². The summed E-state index contributed by atoms with van der Waals surface area (Å²) in [6, 6.07) is 5.25. The number of carbonyl (C=O) groups is 1. The highest BCUT2D eigenvalue weighted by Crippen LogP contribution is 2.18. The highest BCUT2D eigenvalue weighted by Gasteiger charge is 2.25. The van der Waals surface area contributed by atoms with Crippen LogP contribution in [0.25, 0.3) is 11.0 Å². The number of carbonyl (C=O) groups excluding carboxylic acids is 1. The molecule has 1 saturated heterocycles. The topological polar surface area (TPSA) is 115 Å². The van der Waals surface area contributed by atoms with Gasteiger partial charge in [-0.05, 0) is 36.5 Å². The first kappa shape index (κ1) is 17.5. The number of hydrogen-bond acceptors (Lipinski definition) is 4. The molecule has 0 radical (unpaired) electrons. The maximum Gasteiger partial charge on any atom is 0.323 e. The molecule has 1 aliphatic heterocycles. The number of urea groups is 1. The quantitative estimate of drug-likeness (QED) is 0.743. The Labute approximate surface area is 145 Å². The van der Waals surface area contributed by atoms with E-state index in [1.807, 2.05) is 12.1 Å². The van der Waals surface area contributed by atoms with Crippen LogP contribution in [0.15, 0.2) is 23.0 Å². The first-order valence-corrected chi connectivity index (χ1v) is 10.3. The van der Waals surface area contributed by atoms with E-state index in [-0.39, 0.29) is 23.4 Å². The van der Waals surface area contributed by atoms with Crippen molar-refractivity contribution in [3.05, 3.63) is 34.2 Å². The molecule has 2 aromatic rings. The monoisotopic (exact) mass is 366 g/mol. The van der Waals surface area contributed by atoms with Crippen LogP contribution < -0.4 is 11.0 Å². The molecule has 1 aromatic heterocycles. The van der Waals surface area contributed by atoms with Gasteiger partial charge in [0.2, 0.25) is 0 Å². The maximum absolute atomic E-state index is 12.4. The molecule has 3 rings (SSSR count). The Morgan fingerprint density at radius 2 is 2.08 bits per heavy atom. The number of imidazole rings is 1. The molecule has 1 fully saturated rings. The molecule has 1 aliphatic rings. The third-order valence-corrected chi connectivity index (χ3v) is 5.45. The van der Waals surface area contributed by atoms with Gasteiger partial charge in [0, 0.05) is 25.9 Å². The number of nitrogens with zero attached hydrogens (tertiary/aromatic N) is 1. The minimum Gasteiger partial charge on any atom is -0.334 e. The van der Waals surface area contributed by atoms with Crippen LogP contribution in [0.5, 0.6) is 0 Å². The predicted octanol–water partition coefficient (Wildman–Crippen LogP) is 0.822. The van der Waals surface area contributed by atoms with E-state index in [1.54, 1.807) is 11.0 Å². The summed E-state index contributed by atoms with van der Waals surface area (Å²) in [5.74, 6) is 0.115. The zero-order chi connectivity index (χ0) is 18.0. The number of piperidine rings is 1. The van der Waals surface area contributed by atoms with Gasteiger partial charge in [-0.25, -0.2) is 18.0 Å². The molecule has 0 saturated carbocycles. The van der Waals surface area contributed by atoms with Gasteiger partial charge in [-0.1, -0.05) is 6.07 Å². The molecule has 0 spiro atoms. The maximum atomic E-state index is 12.4. The summed E-state index contributed by atoms with van der Waals surface area (Å²) in [5, 5.41) is 2.86. The highest BCUT2D eigenvalue weighted by molar-refractivity contribution is 7.90. The van der Waals surface area contributed by atoms with Gasteiger partial charge >= 0.3 is 11.7 Å². The summed E-state index contributed by atoms with van der Waals surface area (Å²) >= 11 is 0. The lowest BCUT2D eigenvalue weighted by Gasteiger charge is -2.32. The zero-order valence-electron chi connectivity index (χ0n) is 14.0. The number of nitrogens with one attached hydrogen (secondary N) is 3. The third kappa shape index (κ3) is 4.62. The SMILES string of the molecule is CS(=O)(=O)C[C@H]1CCCN(C(=O)NCc2ccc3[nH]c(=O)[nH]c3c2)C1. The number of aromatic amines is 2. The lowest BCUT2D eigenvalue weighted by atomic mass is 10.0. The number of amides is 2. The number of aromatic nitrogens is 2. The van der Waals surface area contributed by atoms with Gasteiger partial charge in [-0.3, -0.25) is 0 Å². The van der Waals surface area contributed by atoms with Crippen molar-refractivity contribution in [2.45, 2.75) is 19.4 Å². The molecule has 1 atom stereocenters. The molecule has 0 bridgehead atoms. The lowest BCUT2D eigenvalue weighted by molar-refractivity contribution is 0.170. The summed E-state index contributed by atoms with van der Waals surface area (Å²) < 4.78 is 22.9. The number of hydrogen-bond donors (Lipinski definition) is 3. The van der Waals surface area contributed by atoms with E-state index in [0.717, 1.165) is 23.9 Å². The number of fused-ring (bicyclic) bond motifs is 1. The Hall–Kier alpha value is -2.29. The van der Waals surface area contributed by atoms with Gasteiger partial charge in [-0.2, -0.15) is 0 Å². The molecular formula is C16H22N4O4S. The second-order valence-electron chi connectivity index (χ2n) is 6.66. The minimum atomic E-state index is -3.04. The summed E-state index contributed by atoms with van der Waals surface area (Å²) in [7, 11) is -3.04. The molecule has 0 aliphatic carbocycles. The minimum absolute atomic E-state index is 0.00391. The van der Waals surface area contributed by atoms with Gasteiger partial charge < -0.3 is 20.2 Å². The fourth-order valence-corrected chi connectivity index (χ4v) is 4.42. The number of likely N-dealkylation sites (tertiary alicyclic amines) is 1. The van der Waals surface area contributed by atoms with Gasteiger partial charge in [0.1, 0.15) is 9.84 Å². The summed E-state index contributed by atoms with van der Waals surface area (Å²) in [5.41, 5.74) is 2.03. The Morgan fingerprint density at radius 1 is 1.32 bits per heavy atom. The number of rotatable bonds is 4. The Morgan fingerprint density at radius 3 is 2.84 bits per heavy atom. The van der Waals surface area contributed by atoms with Crippen molar-refractivity contribution in [2.24, 2.45) is 5.92 Å². The van der Waals surface area contributed by atoms with E-state index in [4.69, 9.17) is 0 Å². The molecule has 8 nitrogen and oxygen atoms in total. The van der Waals surface area contributed by atoms with Crippen LogP contribution >= 0.6 is 0 Å². The molecule has 25 heavy (non-hydrogen) atoms. The van der Waals surface area contributed by atoms with Crippen LogP contribution in [0.3, 0.4) is 0 Å². The van der Waals surface area contributed by atoms with Crippen LogP contribution in [0.4, 0.5) is 4.79 Å². The first-order valence-electron chi connectivity index (χ1n) is 8.21. The molecule has 2 heterocycles. The van der Waals surface area contributed by atoms with Crippen molar-refractivity contribution < 1.29 is 13.2 Å². The second kappa shape index (κ2) is 6.91. The lowest BCUT2D eigenvalue weighted by Crippen LogP contribution is -2.46. The van der Waals surface area contributed by atoms with Gasteiger partial charge in [0.15, 0.2) is 0 Å². The first-order chi connectivity index (χ1) is 11.8. The van der Waals surface area contributed by atoms with E-state index < -0.39 is 9.84 Å². The van der Waals surface area contributed by atoms with Crippen molar-refractivity contribution >= 4 is 26.9 Å². The van der Waals surface area contributed by atoms with Crippen LogP contribution in [-0.2, 0) is 16.4 Å². The number of sulfone groups is 1. The van der Waals surface area contributed by atoms with Crippen molar-refractivity contribution in [1.29, 1.82) is 0 Å². The van der Waals surface area contributed by atoms with E-state index in [1.165, 1.54) is 6.26 Å². The highest BCUT2D eigenvalue weighted by atomic mass is 32.2. The van der Waals surface area contributed by atoms with Crippen molar-refractivity contribution in [3.63, 3.8) is 0 Å². The summed E-state index contributed by atoms with van der Waals surface area (Å²) in [6.45, 7) is 1.44. The van der Waals surface area contributed by atoms with E-state index >= 15 is 0 Å². The molecule has 136 valence electrons. The molecule has 0 unspecified atom stereocenters. The van der Waals surface area contributed by atoms with Crippen LogP contribution in [-0.4, -0.2) is 54.4 Å². The largest absolute Gasteiger partial charge is 0.334 e. The Bertz CT molecular complexity index is 931. The third-order valence-electron chi connectivity index (χ3n) is 4.37. The number of H-pyrrole nitrogens is 2. The second-order valence-corrected chi connectivity index (χ2v) is 8.85. The van der Waals surface area contributed by atoms with E-state index in [0.29, 0.717) is 25.2 Å². The predicted molar refractivity (Wildman–Crippen MR) is 95.2 cm³/mol. The normalized spacial score (nSPS) is 18.4.